The molecule has 0 aromatic carbocycles. The van der Waals surface area contributed by atoms with Crippen LogP contribution in [0.3, 0.4) is 0 Å². The van der Waals surface area contributed by atoms with E-state index in [4.69, 9.17) is 9.84 Å². The molecule has 0 heterocycles. The summed E-state index contributed by atoms with van der Waals surface area (Å²) in [5.41, 5.74) is -0.400. The Bertz CT molecular complexity index is 455. The van der Waals surface area contributed by atoms with E-state index in [1.54, 1.807) is 0 Å². The largest absolute Gasteiger partial charge is 0.480 e. The Morgan fingerprint density at radius 3 is 1.69 bits per heavy atom. The minimum Gasteiger partial charge on any atom is -0.480 e. The van der Waals surface area contributed by atoms with Crippen LogP contribution in [0.4, 0.5) is 0 Å². The molecular weight excluding hydrogens is 360 g/mol. The fourth-order valence-electron chi connectivity index (χ4n) is 4.19. The van der Waals surface area contributed by atoms with Crippen molar-refractivity contribution in [2.75, 3.05) is 6.61 Å². The SMILES string of the molecule is CCCCCCCCCCCCCCCCCCC1(OCC(=O)O)C=CC=CC1. The maximum absolute atomic E-state index is 10.8. The molecule has 168 valence electrons. The summed E-state index contributed by atoms with van der Waals surface area (Å²) in [5, 5.41) is 8.90. The molecule has 0 aromatic rings. The smallest absolute Gasteiger partial charge is 0.329 e. The van der Waals surface area contributed by atoms with Gasteiger partial charge in [-0.05, 0) is 12.8 Å². The van der Waals surface area contributed by atoms with Crippen LogP contribution in [0.25, 0.3) is 0 Å². The lowest BCUT2D eigenvalue weighted by atomic mass is 9.89. The zero-order valence-electron chi connectivity index (χ0n) is 19.0. The lowest BCUT2D eigenvalue weighted by Gasteiger charge is -2.31. The van der Waals surface area contributed by atoms with Crippen LogP contribution >= 0.6 is 0 Å². The Kier molecular flexibility index (Phi) is 15.9. The normalized spacial score (nSPS) is 18.4. The van der Waals surface area contributed by atoms with Crippen molar-refractivity contribution in [3.63, 3.8) is 0 Å². The molecule has 0 radical (unpaired) electrons. The molecule has 0 saturated carbocycles. The minimum atomic E-state index is -0.890. The van der Waals surface area contributed by atoms with Gasteiger partial charge in [-0.3, -0.25) is 0 Å². The van der Waals surface area contributed by atoms with E-state index in [0.29, 0.717) is 0 Å². The minimum absolute atomic E-state index is 0.211. The van der Waals surface area contributed by atoms with Gasteiger partial charge in [-0.25, -0.2) is 4.79 Å². The maximum atomic E-state index is 10.8. The Morgan fingerprint density at radius 1 is 0.793 bits per heavy atom. The standard InChI is InChI=1S/C26H46O3/c1-2-3-4-5-6-7-8-9-10-11-12-13-14-15-16-18-21-26(29-24-25(27)28)22-19-17-20-23-26/h17,19-20,22H,2-16,18,21,23-24H2,1H3,(H,27,28). The van der Waals surface area contributed by atoms with Crippen LogP contribution < -0.4 is 0 Å². The number of unbranched alkanes of at least 4 members (excludes halogenated alkanes) is 15. The first-order valence-corrected chi connectivity index (χ1v) is 12.4. The van der Waals surface area contributed by atoms with Crippen molar-refractivity contribution < 1.29 is 14.6 Å². The van der Waals surface area contributed by atoms with Gasteiger partial charge in [0.25, 0.3) is 0 Å². The van der Waals surface area contributed by atoms with Crippen LogP contribution in [0.5, 0.6) is 0 Å². The van der Waals surface area contributed by atoms with Crippen LogP contribution in [-0.2, 0) is 9.53 Å². The molecule has 1 aliphatic carbocycles. The summed E-state index contributed by atoms with van der Waals surface area (Å²) >= 11 is 0. The molecule has 29 heavy (non-hydrogen) atoms. The summed E-state index contributed by atoms with van der Waals surface area (Å²) in [5.74, 6) is -0.890. The molecule has 0 amide bonds. The fraction of sp³-hybridized carbons (Fsp3) is 0.808. The van der Waals surface area contributed by atoms with E-state index in [0.717, 1.165) is 19.3 Å². The van der Waals surface area contributed by atoms with E-state index in [1.807, 2.05) is 18.2 Å². The second kappa shape index (κ2) is 17.7. The monoisotopic (exact) mass is 406 g/mol. The van der Waals surface area contributed by atoms with Gasteiger partial charge in [-0.2, -0.15) is 0 Å². The summed E-state index contributed by atoms with van der Waals surface area (Å²) in [6.45, 7) is 2.07. The van der Waals surface area contributed by atoms with E-state index >= 15 is 0 Å². The second-order valence-corrected chi connectivity index (χ2v) is 8.79. The Morgan fingerprint density at radius 2 is 1.28 bits per heavy atom. The number of rotatable bonds is 20. The van der Waals surface area contributed by atoms with E-state index in [-0.39, 0.29) is 6.61 Å². The molecule has 1 unspecified atom stereocenters. The second-order valence-electron chi connectivity index (χ2n) is 8.79. The van der Waals surface area contributed by atoms with Gasteiger partial charge in [0.1, 0.15) is 6.61 Å². The predicted octanol–water partition coefficient (Wildman–Crippen LogP) is 7.99. The van der Waals surface area contributed by atoms with Crippen molar-refractivity contribution in [3.05, 3.63) is 24.3 Å². The number of carboxylic acid groups (broad SMARTS) is 1. The lowest BCUT2D eigenvalue weighted by molar-refractivity contribution is -0.147. The van der Waals surface area contributed by atoms with Crippen LogP contribution in [0, 0.1) is 0 Å². The molecule has 1 aliphatic rings. The molecule has 0 bridgehead atoms. The molecular formula is C26H46O3. The van der Waals surface area contributed by atoms with Crippen LogP contribution in [0.15, 0.2) is 24.3 Å². The van der Waals surface area contributed by atoms with Crippen LogP contribution in [0.2, 0.25) is 0 Å². The summed E-state index contributed by atoms with van der Waals surface area (Å²) in [6, 6.07) is 0. The summed E-state index contributed by atoms with van der Waals surface area (Å²) in [7, 11) is 0. The molecule has 0 aliphatic heterocycles. The summed E-state index contributed by atoms with van der Waals surface area (Å²) in [6.07, 6.45) is 31.7. The van der Waals surface area contributed by atoms with Gasteiger partial charge in [0.05, 0.1) is 5.60 Å². The highest BCUT2D eigenvalue weighted by Gasteiger charge is 2.28. The highest BCUT2D eigenvalue weighted by Crippen LogP contribution is 2.29. The predicted molar refractivity (Wildman–Crippen MR) is 123 cm³/mol. The van der Waals surface area contributed by atoms with E-state index in [2.05, 4.69) is 13.0 Å². The van der Waals surface area contributed by atoms with Gasteiger partial charge in [-0.15, -0.1) is 0 Å². The molecule has 0 aromatic heterocycles. The van der Waals surface area contributed by atoms with Crippen molar-refractivity contribution in [1.29, 1.82) is 0 Å². The van der Waals surface area contributed by atoms with Crippen molar-refractivity contribution in [2.24, 2.45) is 0 Å². The van der Waals surface area contributed by atoms with Gasteiger partial charge in [0.2, 0.25) is 0 Å². The molecule has 0 fully saturated rings. The number of carboxylic acids is 1. The van der Waals surface area contributed by atoms with Gasteiger partial charge < -0.3 is 9.84 Å². The molecule has 3 heteroatoms. The number of aliphatic carboxylic acids is 1. The van der Waals surface area contributed by atoms with Gasteiger partial charge in [0, 0.05) is 0 Å². The van der Waals surface area contributed by atoms with Crippen LogP contribution in [-0.4, -0.2) is 23.3 Å². The molecule has 1 N–H and O–H groups in total. The number of carbonyl (C=O) groups is 1. The summed E-state index contributed by atoms with van der Waals surface area (Å²) in [4.78, 5) is 10.8. The van der Waals surface area contributed by atoms with Crippen molar-refractivity contribution in [3.8, 4) is 0 Å². The van der Waals surface area contributed by atoms with E-state index < -0.39 is 11.6 Å². The number of hydrogen-bond donors (Lipinski definition) is 1. The average molecular weight is 407 g/mol. The first kappa shape index (κ1) is 25.9. The third-order valence-corrected chi connectivity index (χ3v) is 6.05. The first-order valence-electron chi connectivity index (χ1n) is 12.4. The summed E-state index contributed by atoms with van der Waals surface area (Å²) < 4.78 is 5.72. The number of allylic oxidation sites excluding steroid dienone is 2. The van der Waals surface area contributed by atoms with Gasteiger partial charge >= 0.3 is 5.97 Å². The van der Waals surface area contributed by atoms with Gasteiger partial charge in [-0.1, -0.05) is 134 Å². The Labute approximate surface area is 180 Å². The molecule has 0 spiro atoms. The van der Waals surface area contributed by atoms with Crippen LogP contribution in [0.1, 0.15) is 122 Å². The molecule has 1 atom stereocenters. The lowest BCUT2D eigenvalue weighted by Crippen LogP contribution is -2.33. The zero-order chi connectivity index (χ0) is 21.0. The van der Waals surface area contributed by atoms with Crippen molar-refractivity contribution in [2.45, 2.75) is 128 Å². The highest BCUT2D eigenvalue weighted by atomic mass is 16.5. The number of hydrogen-bond acceptors (Lipinski definition) is 2. The van der Waals surface area contributed by atoms with Gasteiger partial charge in [0.15, 0.2) is 0 Å². The quantitative estimate of drug-likeness (QED) is 0.208. The Hall–Kier alpha value is -1.09. The highest BCUT2D eigenvalue weighted by molar-refractivity contribution is 5.68. The van der Waals surface area contributed by atoms with E-state index in [9.17, 15) is 4.79 Å². The van der Waals surface area contributed by atoms with Crippen molar-refractivity contribution in [1.82, 2.24) is 0 Å². The first-order chi connectivity index (χ1) is 14.2. The molecule has 3 nitrogen and oxygen atoms in total. The average Bonchev–Trinajstić information content (AvgIpc) is 2.73. The number of ether oxygens (including phenoxy) is 1. The zero-order valence-corrected chi connectivity index (χ0v) is 19.0. The topological polar surface area (TPSA) is 46.5 Å². The molecule has 0 saturated heterocycles. The van der Waals surface area contributed by atoms with Crippen molar-refractivity contribution >= 4 is 5.97 Å². The third-order valence-electron chi connectivity index (χ3n) is 6.05. The Balaban J connectivity index is 1.90. The van der Waals surface area contributed by atoms with E-state index in [1.165, 1.54) is 96.3 Å². The fourth-order valence-corrected chi connectivity index (χ4v) is 4.19. The third kappa shape index (κ3) is 14.5. The maximum Gasteiger partial charge on any atom is 0.329 e. The molecule has 1 rings (SSSR count).